The van der Waals surface area contributed by atoms with Crippen LogP contribution in [0.4, 0.5) is 0 Å². The van der Waals surface area contributed by atoms with Gasteiger partial charge < -0.3 is 10.1 Å². The van der Waals surface area contributed by atoms with Crippen molar-refractivity contribution < 1.29 is 19.1 Å². The number of carbonyl (C=O) groups is 3. The van der Waals surface area contributed by atoms with Crippen LogP contribution in [0.25, 0.3) is 0 Å². The number of ether oxygens (including phenoxy) is 1. The molecule has 1 rings (SSSR count). The van der Waals surface area contributed by atoms with Crippen molar-refractivity contribution in [2.75, 3.05) is 0 Å². The number of amides is 1. The summed E-state index contributed by atoms with van der Waals surface area (Å²) in [6, 6.07) is -0.587. The number of ketones is 1. The van der Waals surface area contributed by atoms with E-state index in [1.54, 1.807) is 6.92 Å². The highest BCUT2D eigenvalue weighted by Gasteiger charge is 2.32. The lowest BCUT2D eigenvalue weighted by Crippen LogP contribution is -2.38. The summed E-state index contributed by atoms with van der Waals surface area (Å²) < 4.78 is 4.91. The summed E-state index contributed by atoms with van der Waals surface area (Å²) in [5, 5.41) is 2.53. The Morgan fingerprint density at radius 1 is 1.47 bits per heavy atom. The summed E-state index contributed by atoms with van der Waals surface area (Å²) >= 11 is 0. The van der Waals surface area contributed by atoms with E-state index in [9.17, 15) is 14.4 Å². The number of Topliss-reactive ketones (excluding diaryl/α,β-unsaturated/α-hetero) is 1. The van der Waals surface area contributed by atoms with E-state index in [4.69, 9.17) is 4.74 Å². The van der Waals surface area contributed by atoms with Crippen molar-refractivity contribution in [3.05, 3.63) is 0 Å². The molecule has 0 saturated carbocycles. The quantitative estimate of drug-likeness (QED) is 0.555. The first-order chi connectivity index (χ1) is 8.02. The van der Waals surface area contributed by atoms with Gasteiger partial charge in [0.1, 0.15) is 17.9 Å². The Morgan fingerprint density at radius 2 is 2.18 bits per heavy atom. The highest BCUT2D eigenvalue weighted by atomic mass is 16.6. The van der Waals surface area contributed by atoms with Crippen molar-refractivity contribution in [1.82, 2.24) is 5.32 Å². The molecule has 0 bridgehead atoms. The van der Waals surface area contributed by atoms with Crippen LogP contribution in [0, 0.1) is 0 Å². The molecule has 17 heavy (non-hydrogen) atoms. The molecule has 5 heteroatoms. The van der Waals surface area contributed by atoms with Crippen molar-refractivity contribution >= 4 is 17.7 Å². The lowest BCUT2D eigenvalue weighted by atomic mass is 10.1. The van der Waals surface area contributed by atoms with Crippen LogP contribution in [0.5, 0.6) is 0 Å². The second kappa shape index (κ2) is 6.37. The standard InChI is InChI=1S/C12H19NO4/c1-3-4-5-9(14)7-11(15)13-10-6-8(2)17-12(10)16/h8,10H,3-7H2,1-2H3,(H,13,15). The molecule has 1 heterocycles. The molecule has 0 aromatic heterocycles. The molecular weight excluding hydrogens is 222 g/mol. The Kier molecular flexibility index (Phi) is 5.12. The van der Waals surface area contributed by atoms with Crippen LogP contribution >= 0.6 is 0 Å². The lowest BCUT2D eigenvalue weighted by molar-refractivity contribution is -0.144. The van der Waals surface area contributed by atoms with Gasteiger partial charge in [-0.15, -0.1) is 0 Å². The molecule has 1 aliphatic rings. The first kappa shape index (κ1) is 13.7. The highest BCUT2D eigenvalue weighted by Crippen LogP contribution is 2.14. The summed E-state index contributed by atoms with van der Waals surface area (Å²) in [4.78, 5) is 34.1. The van der Waals surface area contributed by atoms with Crippen LogP contribution in [0.15, 0.2) is 0 Å². The van der Waals surface area contributed by atoms with Crippen LogP contribution < -0.4 is 5.32 Å². The van der Waals surface area contributed by atoms with Crippen molar-refractivity contribution in [2.45, 2.75) is 58.1 Å². The maximum atomic E-state index is 11.5. The van der Waals surface area contributed by atoms with Gasteiger partial charge in [0.05, 0.1) is 6.42 Å². The van der Waals surface area contributed by atoms with E-state index in [0.29, 0.717) is 12.8 Å². The molecule has 1 saturated heterocycles. The van der Waals surface area contributed by atoms with Crippen molar-refractivity contribution in [1.29, 1.82) is 0 Å². The van der Waals surface area contributed by atoms with Gasteiger partial charge in [-0.1, -0.05) is 13.3 Å². The van der Waals surface area contributed by atoms with E-state index >= 15 is 0 Å². The van der Waals surface area contributed by atoms with Crippen molar-refractivity contribution in [3.8, 4) is 0 Å². The smallest absolute Gasteiger partial charge is 0.329 e. The average molecular weight is 241 g/mol. The van der Waals surface area contributed by atoms with Crippen molar-refractivity contribution in [2.24, 2.45) is 0 Å². The van der Waals surface area contributed by atoms with Crippen LogP contribution in [-0.4, -0.2) is 29.8 Å². The second-order valence-electron chi connectivity index (χ2n) is 4.42. The fourth-order valence-electron chi connectivity index (χ4n) is 1.76. The predicted molar refractivity (Wildman–Crippen MR) is 61.3 cm³/mol. The number of hydrogen-bond donors (Lipinski definition) is 1. The first-order valence-corrected chi connectivity index (χ1v) is 6.04. The minimum absolute atomic E-state index is 0.0798. The van der Waals surface area contributed by atoms with Gasteiger partial charge in [-0.3, -0.25) is 9.59 Å². The van der Waals surface area contributed by atoms with E-state index in [1.807, 2.05) is 6.92 Å². The molecule has 1 fully saturated rings. The molecule has 5 nitrogen and oxygen atoms in total. The molecule has 1 amide bonds. The normalized spacial score (nSPS) is 23.3. The fraction of sp³-hybridized carbons (Fsp3) is 0.750. The third-order valence-electron chi connectivity index (χ3n) is 2.67. The minimum Gasteiger partial charge on any atom is -0.461 e. The fourth-order valence-corrected chi connectivity index (χ4v) is 1.76. The summed E-state index contributed by atoms with van der Waals surface area (Å²) in [6.07, 6.45) is 2.33. The zero-order valence-corrected chi connectivity index (χ0v) is 10.3. The number of cyclic esters (lactones) is 1. The zero-order chi connectivity index (χ0) is 12.8. The third kappa shape index (κ3) is 4.54. The van der Waals surface area contributed by atoms with Gasteiger partial charge in [-0.2, -0.15) is 0 Å². The van der Waals surface area contributed by atoms with Crippen LogP contribution in [0.2, 0.25) is 0 Å². The molecule has 1 aliphatic heterocycles. The van der Waals surface area contributed by atoms with E-state index in [2.05, 4.69) is 5.32 Å². The van der Waals surface area contributed by atoms with Gasteiger partial charge in [0, 0.05) is 12.8 Å². The van der Waals surface area contributed by atoms with Gasteiger partial charge in [-0.25, -0.2) is 4.79 Å². The summed E-state index contributed by atoms with van der Waals surface area (Å²) in [5.74, 6) is -0.877. The second-order valence-corrected chi connectivity index (χ2v) is 4.42. The van der Waals surface area contributed by atoms with Gasteiger partial charge in [0.25, 0.3) is 0 Å². The maximum Gasteiger partial charge on any atom is 0.329 e. The Balaban J connectivity index is 2.30. The molecule has 0 radical (unpaired) electrons. The molecule has 0 aromatic rings. The van der Waals surface area contributed by atoms with Gasteiger partial charge in [0.15, 0.2) is 0 Å². The number of rotatable bonds is 6. The number of carbonyl (C=O) groups excluding carboxylic acids is 3. The Labute approximate surface area is 101 Å². The molecular formula is C12H19NO4. The summed E-state index contributed by atoms with van der Waals surface area (Å²) in [7, 11) is 0. The summed E-state index contributed by atoms with van der Waals surface area (Å²) in [5.41, 5.74) is 0. The Hall–Kier alpha value is -1.39. The molecule has 2 atom stereocenters. The van der Waals surface area contributed by atoms with E-state index in [1.165, 1.54) is 0 Å². The molecule has 0 aromatic carbocycles. The molecule has 2 unspecified atom stereocenters. The SMILES string of the molecule is CCCCC(=O)CC(=O)NC1CC(C)OC1=O. The van der Waals surface area contributed by atoms with Gasteiger partial charge in [-0.05, 0) is 13.3 Å². The molecule has 1 N–H and O–H groups in total. The van der Waals surface area contributed by atoms with Crippen LogP contribution in [-0.2, 0) is 19.1 Å². The number of esters is 1. The number of nitrogens with one attached hydrogen (secondary N) is 1. The van der Waals surface area contributed by atoms with Gasteiger partial charge >= 0.3 is 5.97 Å². The minimum atomic E-state index is -0.587. The van der Waals surface area contributed by atoms with E-state index < -0.39 is 12.0 Å². The number of unbranched alkanes of at least 4 members (excludes halogenated alkanes) is 1. The monoisotopic (exact) mass is 241 g/mol. The Bertz CT molecular complexity index is 314. The zero-order valence-electron chi connectivity index (χ0n) is 10.3. The third-order valence-corrected chi connectivity index (χ3v) is 2.67. The van der Waals surface area contributed by atoms with Crippen LogP contribution in [0.3, 0.4) is 0 Å². The average Bonchev–Trinajstić information content (AvgIpc) is 2.54. The summed E-state index contributed by atoms with van der Waals surface area (Å²) in [6.45, 7) is 3.76. The topological polar surface area (TPSA) is 72.5 Å². The number of hydrogen-bond acceptors (Lipinski definition) is 4. The molecule has 0 aliphatic carbocycles. The predicted octanol–water partition coefficient (Wildman–Crippen LogP) is 0.956. The van der Waals surface area contributed by atoms with Gasteiger partial charge in [0.2, 0.25) is 5.91 Å². The van der Waals surface area contributed by atoms with E-state index in [-0.39, 0.29) is 24.2 Å². The lowest BCUT2D eigenvalue weighted by Gasteiger charge is -2.08. The largest absolute Gasteiger partial charge is 0.461 e. The van der Waals surface area contributed by atoms with Crippen LogP contribution in [0.1, 0.15) is 46.0 Å². The Morgan fingerprint density at radius 3 is 2.71 bits per heavy atom. The molecule has 0 spiro atoms. The molecule has 96 valence electrons. The maximum absolute atomic E-state index is 11.5. The van der Waals surface area contributed by atoms with Crippen molar-refractivity contribution in [3.63, 3.8) is 0 Å². The van der Waals surface area contributed by atoms with E-state index in [0.717, 1.165) is 12.8 Å². The highest BCUT2D eigenvalue weighted by molar-refractivity contribution is 5.99. The first-order valence-electron chi connectivity index (χ1n) is 6.04.